The van der Waals surface area contributed by atoms with Crippen molar-refractivity contribution in [2.45, 2.75) is 25.7 Å². The topological polar surface area (TPSA) is 135 Å². The van der Waals surface area contributed by atoms with Gasteiger partial charge < -0.3 is 11.5 Å². The van der Waals surface area contributed by atoms with E-state index in [4.69, 9.17) is 34.7 Å². The SMILES string of the molecule is NC(=O)NN=C(CCCCC(=NNC(N)=O)c1ccc(Cl)cc1)c1ccc(Cl)cc1. The van der Waals surface area contributed by atoms with E-state index in [0.29, 0.717) is 34.3 Å². The summed E-state index contributed by atoms with van der Waals surface area (Å²) in [5.74, 6) is 0. The van der Waals surface area contributed by atoms with Gasteiger partial charge in [-0.05, 0) is 61.1 Å². The first-order chi connectivity index (χ1) is 14.3. The third-order valence-electron chi connectivity index (χ3n) is 4.03. The molecule has 0 aromatic heterocycles. The molecule has 0 aliphatic carbocycles. The Kier molecular flexibility index (Phi) is 9.11. The number of hydrazone groups is 2. The van der Waals surface area contributed by atoms with Gasteiger partial charge in [0.25, 0.3) is 0 Å². The number of hydrogen-bond acceptors (Lipinski definition) is 4. The van der Waals surface area contributed by atoms with Crippen molar-refractivity contribution in [3.05, 3.63) is 69.7 Å². The first-order valence-electron chi connectivity index (χ1n) is 9.11. The Morgan fingerprint density at radius 3 is 1.33 bits per heavy atom. The second-order valence-corrected chi connectivity index (χ2v) is 7.16. The molecule has 0 aliphatic heterocycles. The fraction of sp³-hybridized carbons (Fsp3) is 0.200. The van der Waals surface area contributed by atoms with Crippen LogP contribution in [0.3, 0.4) is 0 Å². The Balaban J connectivity index is 2.04. The van der Waals surface area contributed by atoms with Gasteiger partial charge >= 0.3 is 12.1 Å². The Labute approximate surface area is 184 Å². The molecule has 158 valence electrons. The Morgan fingerprint density at radius 1 is 0.700 bits per heavy atom. The number of carbonyl (C=O) groups excluding carboxylic acids is 2. The summed E-state index contributed by atoms with van der Waals surface area (Å²) in [7, 11) is 0. The van der Waals surface area contributed by atoms with E-state index in [2.05, 4.69) is 21.1 Å². The van der Waals surface area contributed by atoms with Crippen molar-refractivity contribution in [3.8, 4) is 0 Å². The lowest BCUT2D eigenvalue weighted by molar-refractivity contribution is 0.248. The molecule has 0 saturated heterocycles. The predicted octanol–water partition coefficient (Wildman–Crippen LogP) is 4.00. The number of benzene rings is 2. The minimum atomic E-state index is -0.740. The zero-order valence-electron chi connectivity index (χ0n) is 16.1. The van der Waals surface area contributed by atoms with Crippen molar-refractivity contribution >= 4 is 46.7 Å². The van der Waals surface area contributed by atoms with E-state index in [9.17, 15) is 9.59 Å². The molecule has 10 heteroatoms. The van der Waals surface area contributed by atoms with Crippen molar-refractivity contribution in [1.29, 1.82) is 0 Å². The van der Waals surface area contributed by atoms with E-state index in [1.165, 1.54) is 0 Å². The average molecular weight is 449 g/mol. The number of nitrogens with zero attached hydrogens (tertiary/aromatic N) is 2. The van der Waals surface area contributed by atoms with Gasteiger partial charge in [-0.25, -0.2) is 20.4 Å². The molecule has 0 unspecified atom stereocenters. The molecule has 8 nitrogen and oxygen atoms in total. The molecule has 0 bridgehead atoms. The highest BCUT2D eigenvalue weighted by molar-refractivity contribution is 6.31. The highest BCUT2D eigenvalue weighted by atomic mass is 35.5. The summed E-state index contributed by atoms with van der Waals surface area (Å²) in [4.78, 5) is 22.1. The smallest absolute Gasteiger partial charge is 0.332 e. The van der Waals surface area contributed by atoms with Crippen LogP contribution in [0.15, 0.2) is 58.7 Å². The lowest BCUT2D eigenvalue weighted by Gasteiger charge is -2.09. The number of nitrogens with one attached hydrogen (secondary N) is 2. The maximum Gasteiger partial charge on any atom is 0.332 e. The fourth-order valence-electron chi connectivity index (χ4n) is 2.64. The van der Waals surface area contributed by atoms with Crippen LogP contribution in [0.2, 0.25) is 10.0 Å². The van der Waals surface area contributed by atoms with Gasteiger partial charge in [0.05, 0.1) is 11.4 Å². The van der Waals surface area contributed by atoms with Gasteiger partial charge in [0, 0.05) is 10.0 Å². The van der Waals surface area contributed by atoms with Crippen LogP contribution < -0.4 is 22.3 Å². The second kappa shape index (κ2) is 11.8. The molecule has 0 heterocycles. The van der Waals surface area contributed by atoms with E-state index < -0.39 is 12.1 Å². The molecule has 0 radical (unpaired) electrons. The minimum Gasteiger partial charge on any atom is -0.350 e. The van der Waals surface area contributed by atoms with Crippen LogP contribution in [0, 0.1) is 0 Å². The minimum absolute atomic E-state index is 0.582. The van der Waals surface area contributed by atoms with Crippen LogP contribution in [-0.4, -0.2) is 23.5 Å². The molecule has 2 aromatic carbocycles. The predicted molar refractivity (Wildman–Crippen MR) is 120 cm³/mol. The van der Waals surface area contributed by atoms with E-state index in [-0.39, 0.29) is 0 Å². The molecule has 0 saturated carbocycles. The van der Waals surface area contributed by atoms with E-state index >= 15 is 0 Å². The summed E-state index contributed by atoms with van der Waals surface area (Å²) < 4.78 is 0. The van der Waals surface area contributed by atoms with Crippen LogP contribution >= 0.6 is 23.2 Å². The van der Waals surface area contributed by atoms with Gasteiger partial charge in [-0.1, -0.05) is 47.5 Å². The molecule has 0 atom stereocenters. The number of primary amides is 2. The van der Waals surface area contributed by atoms with Gasteiger partial charge in [-0.3, -0.25) is 0 Å². The maximum atomic E-state index is 11.0. The van der Waals surface area contributed by atoms with Gasteiger partial charge in [-0.2, -0.15) is 10.2 Å². The molecule has 4 amide bonds. The van der Waals surface area contributed by atoms with Gasteiger partial charge in [0.2, 0.25) is 0 Å². The molecule has 2 rings (SSSR count). The molecule has 0 fully saturated rings. The highest BCUT2D eigenvalue weighted by Crippen LogP contribution is 2.16. The normalized spacial score (nSPS) is 11.8. The summed E-state index contributed by atoms with van der Waals surface area (Å²) in [5.41, 5.74) is 17.8. The number of urea groups is 2. The Bertz CT molecular complexity index is 850. The van der Waals surface area contributed by atoms with Crippen molar-refractivity contribution in [1.82, 2.24) is 10.9 Å². The number of unbranched alkanes of at least 4 members (excludes halogenated alkanes) is 1. The molecule has 30 heavy (non-hydrogen) atoms. The lowest BCUT2D eigenvalue weighted by Crippen LogP contribution is -2.26. The molecular weight excluding hydrogens is 427 g/mol. The summed E-state index contributed by atoms with van der Waals surface area (Å²) >= 11 is 11.9. The number of halogens is 2. The number of amides is 4. The standard InChI is InChI=1S/C20H22Cl2N6O2/c21-15-9-5-13(6-10-15)17(25-27-19(23)29)3-1-2-4-18(26-28-20(24)30)14-7-11-16(22)12-8-14/h5-12H,1-4H2,(H3,23,27,29)(H3,24,28,30). The average Bonchev–Trinajstić information content (AvgIpc) is 2.71. The van der Waals surface area contributed by atoms with Crippen molar-refractivity contribution in [2.24, 2.45) is 21.7 Å². The maximum absolute atomic E-state index is 11.0. The summed E-state index contributed by atoms with van der Waals surface area (Å²) in [6.45, 7) is 0. The van der Waals surface area contributed by atoms with Gasteiger partial charge in [-0.15, -0.1) is 0 Å². The molecule has 0 spiro atoms. The van der Waals surface area contributed by atoms with Crippen LogP contribution in [0.1, 0.15) is 36.8 Å². The first-order valence-corrected chi connectivity index (χ1v) is 9.86. The van der Waals surface area contributed by atoms with E-state index in [0.717, 1.165) is 24.0 Å². The third-order valence-corrected chi connectivity index (χ3v) is 4.54. The number of nitrogens with two attached hydrogens (primary N) is 2. The summed E-state index contributed by atoms with van der Waals surface area (Å²) in [6.07, 6.45) is 2.65. The number of hydrogen-bond donors (Lipinski definition) is 4. The monoisotopic (exact) mass is 448 g/mol. The first kappa shape index (κ1) is 23.2. The van der Waals surface area contributed by atoms with Crippen molar-refractivity contribution in [3.63, 3.8) is 0 Å². The summed E-state index contributed by atoms with van der Waals surface area (Å²) in [5, 5.41) is 9.40. The summed E-state index contributed by atoms with van der Waals surface area (Å²) in [6, 6.07) is 12.8. The van der Waals surface area contributed by atoms with Crippen LogP contribution in [0.25, 0.3) is 0 Å². The molecular formula is C20H22Cl2N6O2. The highest BCUT2D eigenvalue weighted by Gasteiger charge is 2.08. The molecule has 2 aromatic rings. The molecule has 0 aliphatic rings. The zero-order valence-corrected chi connectivity index (χ0v) is 17.6. The van der Waals surface area contributed by atoms with Crippen LogP contribution in [-0.2, 0) is 0 Å². The van der Waals surface area contributed by atoms with Crippen LogP contribution in [0.4, 0.5) is 9.59 Å². The van der Waals surface area contributed by atoms with Crippen molar-refractivity contribution < 1.29 is 9.59 Å². The Hall–Kier alpha value is -3.10. The quantitative estimate of drug-likeness (QED) is 0.262. The van der Waals surface area contributed by atoms with E-state index in [1.54, 1.807) is 24.3 Å². The van der Waals surface area contributed by atoms with Gasteiger partial charge in [0.1, 0.15) is 0 Å². The fourth-order valence-corrected chi connectivity index (χ4v) is 2.90. The van der Waals surface area contributed by atoms with Gasteiger partial charge in [0.15, 0.2) is 0 Å². The Morgan fingerprint density at radius 2 is 1.03 bits per heavy atom. The molecule has 6 N–H and O–H groups in total. The second-order valence-electron chi connectivity index (χ2n) is 6.29. The number of rotatable bonds is 9. The number of carbonyl (C=O) groups is 2. The van der Waals surface area contributed by atoms with E-state index in [1.807, 2.05) is 24.3 Å². The third kappa shape index (κ3) is 8.10. The lowest BCUT2D eigenvalue weighted by atomic mass is 10.0. The van der Waals surface area contributed by atoms with Crippen molar-refractivity contribution in [2.75, 3.05) is 0 Å². The largest absolute Gasteiger partial charge is 0.350 e. The zero-order chi connectivity index (χ0) is 21.9. The van der Waals surface area contributed by atoms with Crippen LogP contribution in [0.5, 0.6) is 0 Å².